The minimum atomic E-state index is -3.35. The van der Waals surface area contributed by atoms with E-state index in [0.29, 0.717) is 11.3 Å². The van der Waals surface area contributed by atoms with Crippen molar-refractivity contribution < 1.29 is 13.5 Å². The highest BCUT2D eigenvalue weighted by Gasteiger charge is 2.15. The maximum atomic E-state index is 11.7. The number of aryl methyl sites for hydroxylation is 1. The summed E-state index contributed by atoms with van der Waals surface area (Å²) >= 11 is 0. The van der Waals surface area contributed by atoms with Gasteiger partial charge in [-0.05, 0) is 44.5 Å². The molecule has 0 amide bonds. The predicted molar refractivity (Wildman–Crippen MR) is 72.8 cm³/mol. The lowest BCUT2D eigenvalue weighted by atomic mass is 10.1. The molecule has 0 spiro atoms. The van der Waals surface area contributed by atoms with Crippen molar-refractivity contribution in [2.75, 3.05) is 11.3 Å². The molecular formula is C13H17NO3S. The molecule has 0 aliphatic rings. The van der Waals surface area contributed by atoms with Crippen molar-refractivity contribution in [1.29, 1.82) is 0 Å². The second kappa shape index (κ2) is 5.89. The fourth-order valence-corrected chi connectivity index (χ4v) is 2.02. The van der Waals surface area contributed by atoms with Gasteiger partial charge in [0.15, 0.2) is 0 Å². The number of nitrogens with one attached hydrogen (secondary N) is 1. The second-order valence-electron chi connectivity index (χ2n) is 4.24. The van der Waals surface area contributed by atoms with Gasteiger partial charge in [-0.1, -0.05) is 11.8 Å². The Bertz CT molecular complexity index is 580. The summed E-state index contributed by atoms with van der Waals surface area (Å²) in [5, 5.41) is 8.14. The third kappa shape index (κ3) is 4.06. The molecule has 0 aliphatic carbocycles. The molecule has 0 bridgehead atoms. The van der Waals surface area contributed by atoms with E-state index in [1.165, 1.54) is 0 Å². The summed E-state index contributed by atoms with van der Waals surface area (Å²) in [5.74, 6) is 5.29. The summed E-state index contributed by atoms with van der Waals surface area (Å²) in [6.45, 7) is 4.87. The highest BCUT2D eigenvalue weighted by molar-refractivity contribution is 7.93. The Morgan fingerprint density at radius 2 is 2.00 bits per heavy atom. The van der Waals surface area contributed by atoms with Gasteiger partial charge in [-0.2, -0.15) is 0 Å². The van der Waals surface area contributed by atoms with Crippen LogP contribution in [0.15, 0.2) is 18.2 Å². The van der Waals surface area contributed by atoms with E-state index in [1.54, 1.807) is 26.0 Å². The molecule has 18 heavy (non-hydrogen) atoms. The zero-order chi connectivity index (χ0) is 13.8. The summed E-state index contributed by atoms with van der Waals surface area (Å²) in [6.07, 6.45) is 0. The molecule has 0 atom stereocenters. The summed E-state index contributed by atoms with van der Waals surface area (Å²) in [6, 6.07) is 5.22. The molecule has 0 heterocycles. The SMILES string of the molecule is Cc1cc(C#CCO)cc(NS(=O)(=O)C(C)C)c1. The van der Waals surface area contributed by atoms with E-state index in [0.717, 1.165) is 5.56 Å². The predicted octanol–water partition coefficient (Wildman–Crippen LogP) is 1.49. The smallest absolute Gasteiger partial charge is 0.235 e. The van der Waals surface area contributed by atoms with Crippen LogP contribution in [0.25, 0.3) is 0 Å². The van der Waals surface area contributed by atoms with Gasteiger partial charge in [0.05, 0.1) is 5.25 Å². The van der Waals surface area contributed by atoms with Crippen LogP contribution < -0.4 is 4.72 Å². The van der Waals surface area contributed by atoms with Crippen LogP contribution >= 0.6 is 0 Å². The first-order chi connectivity index (χ1) is 8.35. The quantitative estimate of drug-likeness (QED) is 0.815. The van der Waals surface area contributed by atoms with Gasteiger partial charge in [0.1, 0.15) is 6.61 Å². The zero-order valence-electron chi connectivity index (χ0n) is 10.7. The monoisotopic (exact) mass is 267 g/mol. The van der Waals surface area contributed by atoms with Crippen LogP contribution in [0, 0.1) is 18.8 Å². The largest absolute Gasteiger partial charge is 0.384 e. The number of anilines is 1. The molecule has 1 aromatic rings. The number of rotatable bonds is 3. The Labute approximate surface area is 108 Å². The van der Waals surface area contributed by atoms with E-state index < -0.39 is 15.3 Å². The van der Waals surface area contributed by atoms with Crippen LogP contribution in [0.1, 0.15) is 25.0 Å². The van der Waals surface area contributed by atoms with Gasteiger partial charge < -0.3 is 5.11 Å². The molecule has 0 saturated carbocycles. The average Bonchev–Trinajstić information content (AvgIpc) is 2.24. The average molecular weight is 267 g/mol. The van der Waals surface area contributed by atoms with Crippen molar-refractivity contribution in [3.05, 3.63) is 29.3 Å². The van der Waals surface area contributed by atoms with Crippen molar-refractivity contribution in [2.24, 2.45) is 0 Å². The fraction of sp³-hybridized carbons (Fsp3) is 0.385. The molecule has 0 unspecified atom stereocenters. The molecule has 0 saturated heterocycles. The first-order valence-electron chi connectivity index (χ1n) is 5.58. The molecule has 1 rings (SSSR count). The Hall–Kier alpha value is -1.51. The van der Waals surface area contributed by atoms with Gasteiger partial charge in [0.2, 0.25) is 10.0 Å². The van der Waals surface area contributed by atoms with Crippen molar-refractivity contribution in [3.63, 3.8) is 0 Å². The molecule has 0 aliphatic heterocycles. The summed E-state index contributed by atoms with van der Waals surface area (Å²) in [7, 11) is -3.35. The molecule has 5 heteroatoms. The van der Waals surface area contributed by atoms with E-state index in [4.69, 9.17) is 5.11 Å². The summed E-state index contributed by atoms with van der Waals surface area (Å²) < 4.78 is 26.0. The topological polar surface area (TPSA) is 66.4 Å². The maximum absolute atomic E-state index is 11.7. The van der Waals surface area contributed by atoms with Gasteiger partial charge in [0, 0.05) is 11.3 Å². The Kier molecular flexibility index (Phi) is 4.76. The van der Waals surface area contributed by atoms with Crippen LogP contribution in [0.4, 0.5) is 5.69 Å². The molecule has 98 valence electrons. The van der Waals surface area contributed by atoms with Crippen LogP contribution in [-0.4, -0.2) is 25.4 Å². The molecular weight excluding hydrogens is 250 g/mol. The minimum Gasteiger partial charge on any atom is -0.384 e. The number of hydrogen-bond acceptors (Lipinski definition) is 3. The normalized spacial score (nSPS) is 10.9. The van der Waals surface area contributed by atoms with Gasteiger partial charge >= 0.3 is 0 Å². The van der Waals surface area contributed by atoms with Gasteiger partial charge in [-0.25, -0.2) is 8.42 Å². The molecule has 2 N–H and O–H groups in total. The molecule has 0 radical (unpaired) electrons. The third-order valence-electron chi connectivity index (χ3n) is 2.27. The molecule has 0 aromatic heterocycles. The highest BCUT2D eigenvalue weighted by Crippen LogP contribution is 2.16. The van der Waals surface area contributed by atoms with E-state index in [-0.39, 0.29) is 6.61 Å². The first kappa shape index (κ1) is 14.6. The minimum absolute atomic E-state index is 0.221. The highest BCUT2D eigenvalue weighted by atomic mass is 32.2. The molecule has 1 aromatic carbocycles. The van der Waals surface area contributed by atoms with E-state index in [2.05, 4.69) is 16.6 Å². The van der Waals surface area contributed by atoms with Crippen molar-refractivity contribution in [2.45, 2.75) is 26.0 Å². The van der Waals surface area contributed by atoms with Gasteiger partial charge in [0.25, 0.3) is 0 Å². The van der Waals surface area contributed by atoms with Gasteiger partial charge in [-0.15, -0.1) is 0 Å². The lowest BCUT2D eigenvalue weighted by Crippen LogP contribution is -2.22. The number of hydrogen-bond donors (Lipinski definition) is 2. The Balaban J connectivity index is 3.08. The second-order valence-corrected chi connectivity index (χ2v) is 6.48. The van der Waals surface area contributed by atoms with Crippen LogP contribution in [0.2, 0.25) is 0 Å². The van der Waals surface area contributed by atoms with E-state index >= 15 is 0 Å². The Morgan fingerprint density at radius 1 is 1.33 bits per heavy atom. The third-order valence-corrected chi connectivity index (χ3v) is 4.03. The lowest BCUT2D eigenvalue weighted by Gasteiger charge is -2.11. The zero-order valence-corrected chi connectivity index (χ0v) is 11.5. The van der Waals surface area contributed by atoms with Crippen LogP contribution in [0.5, 0.6) is 0 Å². The standard InChI is InChI=1S/C13H17NO3S/c1-10(2)18(16,17)14-13-8-11(3)7-12(9-13)5-4-6-15/h7-10,14-15H,6H2,1-3H3. The lowest BCUT2D eigenvalue weighted by molar-refractivity contribution is 0.350. The first-order valence-corrected chi connectivity index (χ1v) is 7.13. The summed E-state index contributed by atoms with van der Waals surface area (Å²) in [4.78, 5) is 0. The summed E-state index contributed by atoms with van der Waals surface area (Å²) in [5.41, 5.74) is 2.07. The fourth-order valence-electron chi connectivity index (χ4n) is 1.34. The Morgan fingerprint density at radius 3 is 2.56 bits per heavy atom. The molecule has 0 fully saturated rings. The van der Waals surface area contributed by atoms with Crippen LogP contribution in [-0.2, 0) is 10.0 Å². The number of benzene rings is 1. The number of aliphatic hydroxyl groups excluding tert-OH is 1. The van der Waals surface area contributed by atoms with E-state index in [1.807, 2.05) is 13.0 Å². The number of sulfonamides is 1. The van der Waals surface area contributed by atoms with Crippen molar-refractivity contribution in [1.82, 2.24) is 0 Å². The van der Waals surface area contributed by atoms with Crippen LogP contribution in [0.3, 0.4) is 0 Å². The van der Waals surface area contributed by atoms with E-state index in [9.17, 15) is 8.42 Å². The van der Waals surface area contributed by atoms with Crippen molar-refractivity contribution in [3.8, 4) is 11.8 Å². The number of aliphatic hydroxyl groups is 1. The maximum Gasteiger partial charge on any atom is 0.235 e. The molecule has 4 nitrogen and oxygen atoms in total. The van der Waals surface area contributed by atoms with Gasteiger partial charge in [-0.3, -0.25) is 4.72 Å². The van der Waals surface area contributed by atoms with Crippen molar-refractivity contribution >= 4 is 15.7 Å².